The van der Waals surface area contributed by atoms with Crippen molar-refractivity contribution in [3.63, 3.8) is 0 Å². The van der Waals surface area contributed by atoms with Crippen LogP contribution in [0.2, 0.25) is 0 Å². The van der Waals surface area contributed by atoms with E-state index in [1.54, 1.807) is 42.2 Å². The lowest BCUT2D eigenvalue weighted by Gasteiger charge is -2.44. The maximum atomic E-state index is 13.1. The molecule has 10 nitrogen and oxygen atoms in total. The quantitative estimate of drug-likeness (QED) is 0.398. The van der Waals surface area contributed by atoms with Crippen molar-refractivity contribution in [1.82, 2.24) is 20.1 Å². The summed E-state index contributed by atoms with van der Waals surface area (Å²) >= 11 is 2.78. The second-order valence-electron chi connectivity index (χ2n) is 11.4. The predicted octanol–water partition coefficient (Wildman–Crippen LogP) is 3.80. The highest BCUT2D eigenvalue weighted by Gasteiger charge is 2.38. The minimum atomic E-state index is -1.15. The Morgan fingerprint density at radius 1 is 1.20 bits per heavy atom. The number of aromatic nitrogens is 1. The Bertz CT molecular complexity index is 1420. The number of hydrogen-bond acceptors (Lipinski definition) is 10. The van der Waals surface area contributed by atoms with Crippen LogP contribution in [0.1, 0.15) is 48.8 Å². The van der Waals surface area contributed by atoms with E-state index in [0.29, 0.717) is 23.2 Å². The molecule has 0 unspecified atom stereocenters. The number of piperidine rings is 1. The third kappa shape index (κ3) is 5.93. The van der Waals surface area contributed by atoms with E-state index in [1.807, 2.05) is 0 Å². The molecule has 3 N–H and O–H groups in total. The number of aromatic amines is 1. The van der Waals surface area contributed by atoms with Crippen molar-refractivity contribution in [2.45, 2.75) is 57.1 Å². The molecule has 1 aromatic carbocycles. The Morgan fingerprint density at radius 3 is 2.80 bits per heavy atom. The fourth-order valence-corrected chi connectivity index (χ4v) is 7.74. The van der Waals surface area contributed by atoms with E-state index in [-0.39, 0.29) is 22.8 Å². The van der Waals surface area contributed by atoms with E-state index in [2.05, 4.69) is 26.6 Å². The topological polar surface area (TPSA) is 116 Å². The molecule has 3 aliphatic heterocycles. The van der Waals surface area contributed by atoms with Crippen molar-refractivity contribution < 1.29 is 24.1 Å². The average molecular weight is 589 g/mol. The van der Waals surface area contributed by atoms with Crippen molar-refractivity contribution in [1.29, 1.82) is 0 Å². The summed E-state index contributed by atoms with van der Waals surface area (Å²) in [6, 6.07) is 5.54. The fourth-order valence-electron chi connectivity index (χ4n) is 5.86. The fraction of sp³-hybridized carbons (Fsp3) is 0.571. The molecule has 3 aliphatic rings. The molecule has 3 saturated heterocycles. The predicted molar refractivity (Wildman–Crippen MR) is 154 cm³/mol. The van der Waals surface area contributed by atoms with Crippen LogP contribution in [0.25, 0.3) is 10.2 Å². The van der Waals surface area contributed by atoms with Crippen LogP contribution in [0.15, 0.2) is 28.4 Å². The highest BCUT2D eigenvalue weighted by molar-refractivity contribution is 7.16. The minimum Gasteiger partial charge on any atom is -0.506 e. The van der Waals surface area contributed by atoms with Gasteiger partial charge in [0.2, 0.25) is 5.79 Å². The molecule has 0 radical (unpaired) electrons. The number of phenolic OH excluding ortho intramolecular Hbond substituents is 1. The number of benzene rings is 1. The molecule has 1 spiro atoms. The summed E-state index contributed by atoms with van der Waals surface area (Å²) in [4.78, 5) is 33.0. The number of thiazole rings is 1. The molecule has 216 valence electrons. The molecule has 1 atom stereocenters. The van der Waals surface area contributed by atoms with Crippen LogP contribution in [0, 0.1) is 0 Å². The Balaban J connectivity index is 1.10. The Kier molecular flexibility index (Phi) is 7.66. The first kappa shape index (κ1) is 27.7. The number of hydrogen-bond donors (Lipinski definition) is 3. The lowest BCUT2D eigenvalue weighted by molar-refractivity contribution is -0.193. The van der Waals surface area contributed by atoms with Gasteiger partial charge in [0.05, 0.1) is 23.5 Å². The summed E-state index contributed by atoms with van der Waals surface area (Å²) in [6.07, 6.45) is 1.86. The summed E-state index contributed by atoms with van der Waals surface area (Å²) < 4.78 is 18.7. The van der Waals surface area contributed by atoms with Crippen LogP contribution in [0.3, 0.4) is 0 Å². The smallest absolute Gasteiger partial charge is 0.412 e. The summed E-state index contributed by atoms with van der Waals surface area (Å²) in [7, 11) is 0. The third-order valence-electron chi connectivity index (χ3n) is 8.00. The van der Waals surface area contributed by atoms with E-state index < -0.39 is 18.0 Å². The lowest BCUT2D eigenvalue weighted by atomic mass is 9.90. The third-order valence-corrected chi connectivity index (χ3v) is 9.90. The van der Waals surface area contributed by atoms with E-state index in [9.17, 15) is 14.7 Å². The van der Waals surface area contributed by atoms with Gasteiger partial charge in [0.25, 0.3) is 0 Å². The largest absolute Gasteiger partial charge is 0.506 e. The van der Waals surface area contributed by atoms with Gasteiger partial charge in [-0.25, -0.2) is 4.79 Å². The molecule has 0 aliphatic carbocycles. The summed E-state index contributed by atoms with van der Waals surface area (Å²) in [5.74, 6) is -1.14. The van der Waals surface area contributed by atoms with Gasteiger partial charge >= 0.3 is 11.0 Å². The van der Waals surface area contributed by atoms with Crippen LogP contribution >= 0.6 is 22.7 Å². The second kappa shape index (κ2) is 11.1. The molecule has 1 amide bonds. The summed E-state index contributed by atoms with van der Waals surface area (Å²) in [5.41, 5.74) is 2.33. The first-order valence-electron chi connectivity index (χ1n) is 13.8. The van der Waals surface area contributed by atoms with Gasteiger partial charge in [-0.15, -0.1) is 11.3 Å². The average Bonchev–Trinajstić information content (AvgIpc) is 3.51. The monoisotopic (exact) mass is 588 g/mol. The van der Waals surface area contributed by atoms with Crippen LogP contribution in [-0.2, 0) is 27.2 Å². The minimum absolute atomic E-state index is 0.00538. The number of thiophene rings is 1. The number of amides is 1. The number of fused-ring (bicyclic) bond motifs is 1. The number of likely N-dealkylation sites (tertiary alicyclic amines) is 1. The summed E-state index contributed by atoms with van der Waals surface area (Å²) in [6.45, 7) is 9.88. The maximum Gasteiger partial charge on any atom is 0.412 e. The highest BCUT2D eigenvalue weighted by atomic mass is 32.1. The zero-order chi connectivity index (χ0) is 27.9. The molecule has 0 saturated carbocycles. The van der Waals surface area contributed by atoms with Crippen LogP contribution in [0.4, 0.5) is 4.79 Å². The Morgan fingerprint density at radius 2 is 2.02 bits per heavy atom. The molecule has 2 aromatic heterocycles. The lowest BCUT2D eigenvalue weighted by Crippen LogP contribution is -2.55. The molecule has 12 heteroatoms. The first-order valence-corrected chi connectivity index (χ1v) is 15.5. The standard InChI is InChI=1S/C28H36N4O6S2/c1-27(2)37-22(20-3-4-21(33)23-24(20)40-25(34)30-23)15-32(26(35)38-27)9-5-18-13-19(39-16-18)14-31-10-6-28(7-11-31)17-29-8-12-36-28/h3-4,13,16,22,29,33H,5-12,14-15,17H2,1-2H3,(H,30,34)/t22-/m0/s1. The van der Waals surface area contributed by atoms with Gasteiger partial charge in [-0.05, 0) is 42.3 Å². The molecule has 6 rings (SSSR count). The van der Waals surface area contributed by atoms with Gasteiger partial charge in [-0.1, -0.05) is 17.4 Å². The number of H-pyrrole nitrogens is 1. The van der Waals surface area contributed by atoms with Crippen LogP contribution < -0.4 is 10.2 Å². The van der Waals surface area contributed by atoms with Crippen molar-refractivity contribution in [2.24, 2.45) is 0 Å². The van der Waals surface area contributed by atoms with Crippen molar-refractivity contribution in [3.05, 3.63) is 49.3 Å². The Hall–Kier alpha value is -2.48. The van der Waals surface area contributed by atoms with E-state index in [0.717, 1.165) is 69.1 Å². The zero-order valence-corrected chi connectivity index (χ0v) is 24.5. The number of cyclic esters (lactones) is 1. The number of carbonyl (C=O) groups excluding carboxylic acids is 1. The molecular weight excluding hydrogens is 552 g/mol. The van der Waals surface area contributed by atoms with E-state index >= 15 is 0 Å². The van der Waals surface area contributed by atoms with E-state index in [1.165, 1.54) is 10.4 Å². The number of morpholine rings is 1. The van der Waals surface area contributed by atoms with Gasteiger partial charge in [-0.2, -0.15) is 0 Å². The van der Waals surface area contributed by atoms with E-state index in [4.69, 9.17) is 14.2 Å². The van der Waals surface area contributed by atoms with Crippen LogP contribution in [0.5, 0.6) is 5.75 Å². The number of carbonyl (C=O) groups is 1. The Labute approximate surface area is 240 Å². The van der Waals surface area contributed by atoms with Gasteiger partial charge in [0.15, 0.2) is 0 Å². The maximum absolute atomic E-state index is 13.1. The normalized spacial score (nSPS) is 23.4. The number of rotatable bonds is 6. The number of nitrogens with zero attached hydrogens (tertiary/aromatic N) is 2. The number of phenols is 1. The molecular formula is C28H36N4O6S2. The molecule has 3 aromatic rings. The van der Waals surface area contributed by atoms with Gasteiger partial charge in [0.1, 0.15) is 17.4 Å². The first-order chi connectivity index (χ1) is 19.2. The molecule has 0 bridgehead atoms. The second-order valence-corrected chi connectivity index (χ2v) is 13.3. The van der Waals surface area contributed by atoms with Crippen molar-refractivity contribution >= 4 is 39.0 Å². The number of nitrogens with one attached hydrogen (secondary N) is 2. The van der Waals surface area contributed by atoms with Gasteiger partial charge < -0.3 is 34.5 Å². The SMILES string of the molecule is CC1(C)OC(=O)N(CCc2csc(CN3CCC4(CC3)CNCCO4)c2)C[C@@H](c2ccc(O)c3[nH]c(=O)sc23)O1. The molecule has 40 heavy (non-hydrogen) atoms. The highest BCUT2D eigenvalue weighted by Crippen LogP contribution is 2.37. The van der Waals surface area contributed by atoms with Crippen molar-refractivity contribution in [2.75, 3.05) is 45.9 Å². The van der Waals surface area contributed by atoms with Gasteiger partial charge in [-0.3, -0.25) is 9.69 Å². The number of aromatic hydroxyl groups is 1. The summed E-state index contributed by atoms with van der Waals surface area (Å²) in [5, 5.41) is 15.9. The van der Waals surface area contributed by atoms with Gasteiger partial charge in [0, 0.05) is 63.6 Å². The van der Waals surface area contributed by atoms with Crippen LogP contribution in [-0.4, -0.2) is 83.2 Å². The number of ether oxygens (including phenoxy) is 3. The zero-order valence-electron chi connectivity index (χ0n) is 22.9. The molecule has 3 fully saturated rings. The molecule has 5 heterocycles. The van der Waals surface area contributed by atoms with Crippen molar-refractivity contribution in [3.8, 4) is 5.75 Å².